The van der Waals surface area contributed by atoms with E-state index in [1.54, 1.807) is 0 Å². The number of nitrogens with two attached hydrogens (primary N) is 1. The Morgan fingerprint density at radius 3 is 2.60 bits per heavy atom. The highest BCUT2D eigenvalue weighted by atomic mass is 127. The van der Waals surface area contributed by atoms with Crippen LogP contribution in [0.4, 0.5) is 0 Å². The summed E-state index contributed by atoms with van der Waals surface area (Å²) in [5.41, 5.74) is 5.81. The predicted molar refractivity (Wildman–Crippen MR) is 98.8 cm³/mol. The summed E-state index contributed by atoms with van der Waals surface area (Å²) >= 11 is 0. The van der Waals surface area contributed by atoms with Gasteiger partial charge >= 0.3 is 0 Å². The average Bonchev–Trinajstić information content (AvgIpc) is 2.33. The lowest BCUT2D eigenvalue weighted by molar-refractivity contribution is 0.146. The third kappa shape index (κ3) is 15.8. The number of hydrogen-bond donors (Lipinski definition) is 2. The Labute approximate surface area is 141 Å². The minimum Gasteiger partial charge on any atom is -0.379 e. The number of nitrogens with zero attached hydrogens (tertiary/aromatic N) is 1. The topological polar surface area (TPSA) is 59.6 Å². The van der Waals surface area contributed by atoms with E-state index in [9.17, 15) is 0 Å². The van der Waals surface area contributed by atoms with Gasteiger partial charge in [0.2, 0.25) is 0 Å². The van der Waals surface area contributed by atoms with E-state index in [1.165, 1.54) is 12.8 Å². The third-order valence-electron chi connectivity index (χ3n) is 2.80. The van der Waals surface area contributed by atoms with Crippen molar-refractivity contribution >= 4 is 29.9 Å². The summed E-state index contributed by atoms with van der Waals surface area (Å²) < 4.78 is 5.36. The molecule has 0 heterocycles. The van der Waals surface area contributed by atoms with E-state index in [1.807, 2.05) is 6.08 Å². The maximum atomic E-state index is 5.81. The van der Waals surface area contributed by atoms with Gasteiger partial charge in [-0.25, -0.2) is 0 Å². The fourth-order valence-corrected chi connectivity index (χ4v) is 1.70. The van der Waals surface area contributed by atoms with Crippen molar-refractivity contribution in [3.63, 3.8) is 0 Å². The fourth-order valence-electron chi connectivity index (χ4n) is 1.70. The molecule has 0 saturated heterocycles. The Morgan fingerprint density at radius 1 is 1.30 bits per heavy atom. The van der Waals surface area contributed by atoms with Crippen molar-refractivity contribution < 1.29 is 4.74 Å². The highest BCUT2D eigenvalue weighted by Gasteiger charge is 2.03. The van der Waals surface area contributed by atoms with Gasteiger partial charge in [-0.1, -0.05) is 32.8 Å². The van der Waals surface area contributed by atoms with Crippen molar-refractivity contribution in [3.05, 3.63) is 12.7 Å². The molecule has 20 heavy (non-hydrogen) atoms. The van der Waals surface area contributed by atoms with Crippen LogP contribution in [0.5, 0.6) is 0 Å². The molecule has 0 fully saturated rings. The molecule has 5 heteroatoms. The van der Waals surface area contributed by atoms with Crippen LogP contribution in [0.25, 0.3) is 0 Å². The van der Waals surface area contributed by atoms with E-state index in [0.29, 0.717) is 31.8 Å². The molecule has 0 radical (unpaired) electrons. The molecule has 0 aromatic rings. The number of ether oxygens (including phenoxy) is 1. The smallest absolute Gasteiger partial charge is 0.188 e. The maximum absolute atomic E-state index is 5.81. The first kappa shape index (κ1) is 22.0. The molecule has 4 nitrogen and oxygen atoms in total. The van der Waals surface area contributed by atoms with Gasteiger partial charge in [0.1, 0.15) is 0 Å². The number of halogens is 1. The van der Waals surface area contributed by atoms with Crippen LogP contribution in [0, 0.1) is 5.92 Å². The minimum atomic E-state index is 0. The largest absolute Gasteiger partial charge is 0.379 e. The summed E-state index contributed by atoms with van der Waals surface area (Å²) in [4.78, 5) is 4.24. The first-order valence-electron chi connectivity index (χ1n) is 7.31. The fraction of sp³-hybridized carbons (Fsp3) is 0.800. The first-order chi connectivity index (χ1) is 9.06. The van der Waals surface area contributed by atoms with Crippen molar-refractivity contribution in [2.75, 3.05) is 19.8 Å². The summed E-state index contributed by atoms with van der Waals surface area (Å²) in [6.07, 6.45) is 6.34. The molecule has 0 saturated carbocycles. The van der Waals surface area contributed by atoms with Crippen molar-refractivity contribution in [3.8, 4) is 0 Å². The molecule has 0 amide bonds. The van der Waals surface area contributed by atoms with E-state index >= 15 is 0 Å². The summed E-state index contributed by atoms with van der Waals surface area (Å²) in [6.45, 7) is 12.2. The number of guanidine groups is 1. The van der Waals surface area contributed by atoms with Gasteiger partial charge < -0.3 is 15.8 Å². The van der Waals surface area contributed by atoms with E-state index in [0.717, 1.165) is 18.8 Å². The number of rotatable bonds is 11. The Bertz CT molecular complexity index is 258. The minimum absolute atomic E-state index is 0. The van der Waals surface area contributed by atoms with Crippen molar-refractivity contribution in [1.29, 1.82) is 0 Å². The van der Waals surface area contributed by atoms with E-state index in [2.05, 4.69) is 37.7 Å². The van der Waals surface area contributed by atoms with Crippen LogP contribution in [0.15, 0.2) is 17.6 Å². The summed E-state index contributed by atoms with van der Waals surface area (Å²) in [6, 6.07) is 0.379. The van der Waals surface area contributed by atoms with Gasteiger partial charge in [0.05, 0.1) is 19.8 Å². The second-order valence-electron chi connectivity index (χ2n) is 5.33. The maximum Gasteiger partial charge on any atom is 0.188 e. The van der Waals surface area contributed by atoms with Gasteiger partial charge in [-0.3, -0.25) is 4.99 Å². The monoisotopic (exact) mass is 397 g/mol. The van der Waals surface area contributed by atoms with Crippen LogP contribution in [0.2, 0.25) is 0 Å². The lowest BCUT2D eigenvalue weighted by atomic mass is 10.0. The zero-order valence-electron chi connectivity index (χ0n) is 13.2. The Hall–Kier alpha value is -0.300. The molecule has 0 spiro atoms. The lowest BCUT2D eigenvalue weighted by Gasteiger charge is -2.15. The van der Waals surface area contributed by atoms with Gasteiger partial charge in [-0.2, -0.15) is 0 Å². The van der Waals surface area contributed by atoms with Gasteiger partial charge in [0.25, 0.3) is 0 Å². The average molecular weight is 397 g/mol. The highest BCUT2D eigenvalue weighted by Crippen LogP contribution is 2.07. The molecule has 0 rings (SSSR count). The Balaban J connectivity index is 0. The quantitative estimate of drug-likeness (QED) is 0.185. The summed E-state index contributed by atoms with van der Waals surface area (Å²) in [7, 11) is 0. The highest BCUT2D eigenvalue weighted by molar-refractivity contribution is 14.0. The van der Waals surface area contributed by atoms with Gasteiger partial charge in [-0.15, -0.1) is 30.6 Å². The molecule has 0 aromatic carbocycles. The third-order valence-corrected chi connectivity index (χ3v) is 2.80. The number of nitrogens with one attached hydrogen (secondary N) is 1. The second kappa shape index (κ2) is 15.1. The van der Waals surface area contributed by atoms with E-state index in [-0.39, 0.29) is 24.0 Å². The predicted octanol–water partition coefficient (Wildman–Crippen LogP) is 3.32. The van der Waals surface area contributed by atoms with Crippen molar-refractivity contribution in [1.82, 2.24) is 5.32 Å². The molecule has 0 aromatic heterocycles. The van der Waals surface area contributed by atoms with E-state index in [4.69, 9.17) is 10.5 Å². The van der Waals surface area contributed by atoms with Crippen LogP contribution >= 0.6 is 24.0 Å². The zero-order valence-corrected chi connectivity index (χ0v) is 15.6. The van der Waals surface area contributed by atoms with Gasteiger partial charge in [0.15, 0.2) is 5.96 Å². The SMILES string of the molecule is C=CCCOCCN=C(N)NC(C)CCCC(C)C.I. The molecule has 0 aliphatic carbocycles. The van der Waals surface area contributed by atoms with Crippen molar-refractivity contribution in [2.24, 2.45) is 16.6 Å². The molecule has 0 bridgehead atoms. The van der Waals surface area contributed by atoms with Crippen LogP contribution in [0.3, 0.4) is 0 Å². The molecule has 0 aliphatic rings. The number of aliphatic imine (C=N–C) groups is 1. The summed E-state index contributed by atoms with van der Waals surface area (Å²) in [5.74, 6) is 1.29. The number of hydrogen-bond acceptors (Lipinski definition) is 2. The van der Waals surface area contributed by atoms with Gasteiger partial charge in [0, 0.05) is 6.04 Å². The lowest BCUT2D eigenvalue weighted by Crippen LogP contribution is -2.38. The van der Waals surface area contributed by atoms with Crippen LogP contribution in [-0.4, -0.2) is 31.8 Å². The van der Waals surface area contributed by atoms with Crippen molar-refractivity contribution in [2.45, 2.75) is 52.5 Å². The normalized spacial score (nSPS) is 12.9. The summed E-state index contributed by atoms with van der Waals surface area (Å²) in [5, 5.41) is 3.21. The molecule has 0 aliphatic heterocycles. The zero-order chi connectivity index (χ0) is 14.5. The standard InChI is InChI=1S/C15H31N3O.HI/c1-5-6-11-19-12-10-17-15(16)18-14(4)9-7-8-13(2)3;/h5,13-14H,1,6-12H2,2-4H3,(H3,16,17,18);1H. The van der Waals surface area contributed by atoms with Gasteiger partial charge in [-0.05, 0) is 25.7 Å². The molecule has 1 atom stereocenters. The Morgan fingerprint density at radius 2 is 2.00 bits per heavy atom. The molecular weight excluding hydrogens is 365 g/mol. The molecule has 1 unspecified atom stereocenters. The van der Waals surface area contributed by atoms with E-state index < -0.39 is 0 Å². The van der Waals surface area contributed by atoms with Crippen LogP contribution in [-0.2, 0) is 4.74 Å². The first-order valence-corrected chi connectivity index (χ1v) is 7.31. The molecule has 3 N–H and O–H groups in total. The Kier molecular flexibility index (Phi) is 16.6. The second-order valence-corrected chi connectivity index (χ2v) is 5.33. The van der Waals surface area contributed by atoms with Crippen LogP contribution in [0.1, 0.15) is 46.5 Å². The molecule has 120 valence electrons. The van der Waals surface area contributed by atoms with Crippen LogP contribution < -0.4 is 11.1 Å². The molecular formula is C15H32IN3O.